The summed E-state index contributed by atoms with van der Waals surface area (Å²) in [5.74, 6) is 1.06. The number of nitrogens with zero attached hydrogens (tertiary/aromatic N) is 3. The minimum absolute atomic E-state index is 0.0128. The minimum Gasteiger partial charge on any atom is -0.330 e. The lowest BCUT2D eigenvalue weighted by Crippen LogP contribution is -2.40. The van der Waals surface area contributed by atoms with Gasteiger partial charge in [-0.3, -0.25) is 4.79 Å². The summed E-state index contributed by atoms with van der Waals surface area (Å²) < 4.78 is 2.23. The van der Waals surface area contributed by atoms with Gasteiger partial charge in [-0.1, -0.05) is 86.1 Å². The standard InChI is InChI=1S/C32H38N4O/c1-23(2)30(36(20-10-19-33)32(37)27-17-15-24(3)16-18-27)31-34-29(26-12-6-5-7-13-26)22-35(31)21-28-14-9-8-11-25(28)4/h5-9,11-18,22-23,30H,10,19-21,33H2,1-4H3/t30-/m1/s1. The van der Waals surface area contributed by atoms with E-state index in [1.54, 1.807) is 0 Å². The average molecular weight is 495 g/mol. The van der Waals surface area contributed by atoms with Crippen molar-refractivity contribution in [1.82, 2.24) is 14.5 Å². The fourth-order valence-electron chi connectivity index (χ4n) is 4.80. The van der Waals surface area contributed by atoms with Gasteiger partial charge in [-0.25, -0.2) is 4.98 Å². The lowest BCUT2D eigenvalue weighted by molar-refractivity contribution is 0.0604. The van der Waals surface area contributed by atoms with E-state index in [0.29, 0.717) is 25.2 Å². The van der Waals surface area contributed by atoms with Gasteiger partial charge in [0.15, 0.2) is 0 Å². The Labute approximate surface area is 221 Å². The Balaban J connectivity index is 1.83. The topological polar surface area (TPSA) is 64.2 Å². The molecule has 37 heavy (non-hydrogen) atoms. The van der Waals surface area contributed by atoms with Crippen LogP contribution in [0.4, 0.5) is 0 Å². The highest BCUT2D eigenvalue weighted by atomic mass is 16.2. The molecule has 1 aromatic heterocycles. The van der Waals surface area contributed by atoms with Crippen LogP contribution in [0.15, 0.2) is 85.1 Å². The van der Waals surface area contributed by atoms with Gasteiger partial charge in [0.1, 0.15) is 5.82 Å². The number of carbonyl (C=O) groups is 1. The Bertz CT molecular complexity index is 1310. The number of aryl methyl sites for hydroxylation is 2. The van der Waals surface area contributed by atoms with Gasteiger partial charge in [-0.15, -0.1) is 0 Å². The third-order valence-electron chi connectivity index (χ3n) is 6.87. The highest BCUT2D eigenvalue weighted by Crippen LogP contribution is 2.33. The molecule has 0 spiro atoms. The van der Waals surface area contributed by atoms with Crippen LogP contribution in [-0.2, 0) is 6.54 Å². The first kappa shape index (κ1) is 26.4. The van der Waals surface area contributed by atoms with E-state index in [4.69, 9.17) is 10.7 Å². The molecule has 0 aliphatic heterocycles. The van der Waals surface area contributed by atoms with Gasteiger partial charge in [0.25, 0.3) is 5.91 Å². The number of hydrogen-bond acceptors (Lipinski definition) is 3. The van der Waals surface area contributed by atoms with Crippen LogP contribution in [0, 0.1) is 19.8 Å². The summed E-state index contributed by atoms with van der Waals surface area (Å²) >= 11 is 0. The number of amides is 1. The predicted molar refractivity (Wildman–Crippen MR) is 151 cm³/mol. The molecule has 0 aliphatic rings. The van der Waals surface area contributed by atoms with Crippen molar-refractivity contribution in [2.75, 3.05) is 13.1 Å². The molecule has 3 aromatic carbocycles. The van der Waals surface area contributed by atoms with Gasteiger partial charge in [-0.2, -0.15) is 0 Å². The van der Waals surface area contributed by atoms with Crippen molar-refractivity contribution in [2.45, 2.75) is 46.7 Å². The maximum absolute atomic E-state index is 13.9. The number of rotatable bonds is 10. The number of benzene rings is 3. The fourth-order valence-corrected chi connectivity index (χ4v) is 4.80. The quantitative estimate of drug-likeness (QED) is 0.277. The van der Waals surface area contributed by atoms with Crippen LogP contribution in [0.5, 0.6) is 0 Å². The number of imidazole rings is 1. The van der Waals surface area contributed by atoms with Crippen molar-refractivity contribution in [3.05, 3.63) is 113 Å². The summed E-state index contributed by atoms with van der Waals surface area (Å²) in [4.78, 5) is 21.1. The molecule has 2 N–H and O–H groups in total. The van der Waals surface area contributed by atoms with Crippen molar-refractivity contribution in [1.29, 1.82) is 0 Å². The van der Waals surface area contributed by atoms with E-state index < -0.39 is 0 Å². The summed E-state index contributed by atoms with van der Waals surface area (Å²) in [6.07, 6.45) is 2.86. The number of aromatic nitrogens is 2. The molecule has 1 heterocycles. The van der Waals surface area contributed by atoms with Crippen LogP contribution in [0.3, 0.4) is 0 Å². The first-order valence-corrected chi connectivity index (χ1v) is 13.1. The Kier molecular flexibility index (Phi) is 8.57. The maximum Gasteiger partial charge on any atom is 0.254 e. The van der Waals surface area contributed by atoms with E-state index in [1.165, 1.54) is 11.1 Å². The maximum atomic E-state index is 13.9. The minimum atomic E-state index is -0.207. The third kappa shape index (κ3) is 6.17. The molecule has 192 valence electrons. The van der Waals surface area contributed by atoms with Gasteiger partial charge >= 0.3 is 0 Å². The van der Waals surface area contributed by atoms with E-state index in [-0.39, 0.29) is 17.9 Å². The van der Waals surface area contributed by atoms with Crippen molar-refractivity contribution >= 4 is 5.91 Å². The van der Waals surface area contributed by atoms with E-state index in [0.717, 1.165) is 29.1 Å². The zero-order valence-electron chi connectivity index (χ0n) is 22.4. The van der Waals surface area contributed by atoms with E-state index >= 15 is 0 Å². The average Bonchev–Trinajstić information content (AvgIpc) is 3.31. The molecule has 0 saturated heterocycles. The molecule has 4 aromatic rings. The summed E-state index contributed by atoms with van der Waals surface area (Å²) in [5.41, 5.74) is 12.2. The van der Waals surface area contributed by atoms with Crippen molar-refractivity contribution in [3.8, 4) is 11.3 Å². The molecular formula is C32H38N4O. The molecule has 5 nitrogen and oxygen atoms in total. The lowest BCUT2D eigenvalue weighted by Gasteiger charge is -2.34. The second-order valence-corrected chi connectivity index (χ2v) is 10.1. The molecule has 0 bridgehead atoms. The first-order valence-electron chi connectivity index (χ1n) is 13.1. The molecule has 0 radical (unpaired) electrons. The Morgan fingerprint density at radius 2 is 1.62 bits per heavy atom. The Hall–Kier alpha value is -3.70. The first-order chi connectivity index (χ1) is 17.9. The zero-order valence-corrected chi connectivity index (χ0v) is 22.4. The molecule has 1 atom stereocenters. The smallest absolute Gasteiger partial charge is 0.254 e. The molecule has 0 unspecified atom stereocenters. The third-order valence-corrected chi connectivity index (χ3v) is 6.87. The monoisotopic (exact) mass is 494 g/mol. The summed E-state index contributed by atoms with van der Waals surface area (Å²) in [7, 11) is 0. The van der Waals surface area contributed by atoms with Gasteiger partial charge in [0.2, 0.25) is 0 Å². The fraction of sp³-hybridized carbons (Fsp3) is 0.312. The van der Waals surface area contributed by atoms with E-state index in [1.807, 2.05) is 54.3 Å². The molecule has 0 saturated carbocycles. The number of hydrogen-bond donors (Lipinski definition) is 1. The normalized spacial score (nSPS) is 12.1. The van der Waals surface area contributed by atoms with Gasteiger partial charge in [-0.05, 0) is 56.0 Å². The van der Waals surface area contributed by atoms with Crippen LogP contribution in [-0.4, -0.2) is 33.4 Å². The summed E-state index contributed by atoms with van der Waals surface area (Å²) in [6.45, 7) is 10.3. The molecule has 0 aliphatic carbocycles. The van der Waals surface area contributed by atoms with Crippen molar-refractivity contribution in [3.63, 3.8) is 0 Å². The summed E-state index contributed by atoms with van der Waals surface area (Å²) in [5, 5.41) is 0. The number of carbonyl (C=O) groups excluding carboxylic acids is 1. The Morgan fingerprint density at radius 1 is 0.946 bits per heavy atom. The van der Waals surface area contributed by atoms with Gasteiger partial charge in [0.05, 0.1) is 11.7 Å². The molecule has 0 fully saturated rings. The predicted octanol–water partition coefficient (Wildman–Crippen LogP) is 6.40. The van der Waals surface area contributed by atoms with Crippen LogP contribution in [0.1, 0.15) is 59.2 Å². The zero-order chi connectivity index (χ0) is 26.4. The highest BCUT2D eigenvalue weighted by Gasteiger charge is 2.32. The van der Waals surface area contributed by atoms with Gasteiger partial charge < -0.3 is 15.2 Å². The Morgan fingerprint density at radius 3 is 2.27 bits per heavy atom. The summed E-state index contributed by atoms with van der Waals surface area (Å²) in [6, 6.07) is 26.3. The molecular weight excluding hydrogens is 456 g/mol. The van der Waals surface area contributed by atoms with E-state index in [2.05, 4.69) is 67.9 Å². The van der Waals surface area contributed by atoms with Crippen LogP contribution >= 0.6 is 0 Å². The van der Waals surface area contributed by atoms with Crippen LogP contribution in [0.25, 0.3) is 11.3 Å². The van der Waals surface area contributed by atoms with Gasteiger partial charge in [0, 0.05) is 30.4 Å². The second-order valence-electron chi connectivity index (χ2n) is 10.1. The molecule has 5 heteroatoms. The largest absolute Gasteiger partial charge is 0.330 e. The van der Waals surface area contributed by atoms with Crippen molar-refractivity contribution in [2.24, 2.45) is 11.7 Å². The van der Waals surface area contributed by atoms with Crippen LogP contribution in [0.2, 0.25) is 0 Å². The molecule has 1 amide bonds. The van der Waals surface area contributed by atoms with Crippen molar-refractivity contribution < 1.29 is 4.79 Å². The lowest BCUT2D eigenvalue weighted by atomic mass is 9.99. The van der Waals surface area contributed by atoms with Crippen LogP contribution < -0.4 is 5.73 Å². The second kappa shape index (κ2) is 12.0. The highest BCUT2D eigenvalue weighted by molar-refractivity contribution is 5.94. The van der Waals surface area contributed by atoms with E-state index in [9.17, 15) is 4.79 Å². The number of nitrogens with two attached hydrogens (primary N) is 1. The molecule has 4 rings (SSSR count). The SMILES string of the molecule is Cc1ccc(C(=O)N(CCCN)[C@@H](c2nc(-c3ccccc3)cn2Cc2ccccc2C)C(C)C)cc1.